The zero-order valence-electron chi connectivity index (χ0n) is 22.5. The summed E-state index contributed by atoms with van der Waals surface area (Å²) >= 11 is 0. The normalized spacial score (nSPS) is 12.3. The third-order valence-corrected chi connectivity index (χ3v) is 7.13. The van der Waals surface area contributed by atoms with E-state index in [4.69, 9.17) is 11.0 Å². The van der Waals surface area contributed by atoms with Gasteiger partial charge >= 0.3 is 6.18 Å². The number of pyridine rings is 1. The number of primary amides is 1. The Hall–Kier alpha value is -5.83. The summed E-state index contributed by atoms with van der Waals surface area (Å²) in [7, 11) is 1.83. The second-order valence-electron chi connectivity index (χ2n) is 9.86. The van der Waals surface area contributed by atoms with E-state index >= 15 is 0 Å². The number of benzene rings is 2. The number of rotatable bonds is 6. The zero-order valence-corrected chi connectivity index (χ0v) is 22.5. The Morgan fingerprint density at radius 1 is 0.907 bits per heavy atom. The number of amides is 1. The van der Waals surface area contributed by atoms with Crippen molar-refractivity contribution in [1.82, 2.24) is 29.4 Å². The molecule has 43 heavy (non-hydrogen) atoms. The van der Waals surface area contributed by atoms with Crippen LogP contribution in [0.15, 0.2) is 91.9 Å². The van der Waals surface area contributed by atoms with Crippen molar-refractivity contribution >= 4 is 11.4 Å². The number of aromatic nitrogens is 6. The van der Waals surface area contributed by atoms with Gasteiger partial charge in [-0.1, -0.05) is 30.3 Å². The largest absolute Gasteiger partial charge is 0.417 e. The van der Waals surface area contributed by atoms with Crippen LogP contribution in [0.25, 0.3) is 39.0 Å². The molecule has 212 valence electrons. The highest BCUT2D eigenvalue weighted by Crippen LogP contribution is 2.38. The molecule has 0 radical (unpaired) electrons. The summed E-state index contributed by atoms with van der Waals surface area (Å²) in [4.78, 5) is 21.2. The summed E-state index contributed by atoms with van der Waals surface area (Å²) in [5, 5.41) is 18.0. The minimum Gasteiger partial charge on any atom is -0.369 e. The molecule has 12 heteroatoms. The maximum absolute atomic E-state index is 13.6. The SMILES string of the molecule is Cn1cc(-c2cc(-c3cnccn3)c3c(-c4ccc(C(C(N)=O)c5ccc(C#N)c(C(F)(F)F)c5)cc4)cnn3c2)cn1. The third kappa shape index (κ3) is 5.08. The van der Waals surface area contributed by atoms with Crippen molar-refractivity contribution in [2.45, 2.75) is 12.1 Å². The predicted molar refractivity (Wildman–Crippen MR) is 151 cm³/mol. The molecule has 1 atom stereocenters. The van der Waals surface area contributed by atoms with Crippen LogP contribution in [0.2, 0.25) is 0 Å². The molecule has 0 spiro atoms. The average molecular weight is 579 g/mol. The molecule has 2 aromatic carbocycles. The van der Waals surface area contributed by atoms with E-state index < -0.39 is 29.1 Å². The van der Waals surface area contributed by atoms with E-state index in [1.54, 1.807) is 70.5 Å². The molecule has 6 aromatic rings. The third-order valence-electron chi connectivity index (χ3n) is 7.13. The van der Waals surface area contributed by atoms with Gasteiger partial charge in [0.25, 0.3) is 0 Å². The van der Waals surface area contributed by atoms with E-state index in [1.165, 1.54) is 6.07 Å². The zero-order chi connectivity index (χ0) is 30.3. The quantitative estimate of drug-likeness (QED) is 0.283. The summed E-state index contributed by atoms with van der Waals surface area (Å²) in [6.07, 6.45) is 7.32. The molecule has 9 nitrogen and oxygen atoms in total. The molecule has 0 fully saturated rings. The number of nitriles is 1. The summed E-state index contributed by atoms with van der Waals surface area (Å²) in [5.41, 5.74) is 9.89. The fourth-order valence-electron chi connectivity index (χ4n) is 5.14. The number of aryl methyl sites for hydroxylation is 1. The van der Waals surface area contributed by atoms with Crippen LogP contribution >= 0.6 is 0 Å². The average Bonchev–Trinajstić information content (AvgIpc) is 3.63. The second-order valence-corrected chi connectivity index (χ2v) is 9.86. The molecule has 0 saturated heterocycles. The van der Waals surface area contributed by atoms with Crippen LogP contribution in [-0.2, 0) is 18.0 Å². The van der Waals surface area contributed by atoms with Gasteiger partial charge in [-0.05, 0) is 34.9 Å². The van der Waals surface area contributed by atoms with Crippen LogP contribution < -0.4 is 5.73 Å². The van der Waals surface area contributed by atoms with Gasteiger partial charge in [-0.3, -0.25) is 19.4 Å². The van der Waals surface area contributed by atoms with Crippen LogP contribution in [0.4, 0.5) is 13.2 Å². The molecule has 6 rings (SSSR count). The molecule has 4 aromatic heterocycles. The van der Waals surface area contributed by atoms with Crippen molar-refractivity contribution < 1.29 is 18.0 Å². The molecule has 0 aliphatic rings. The van der Waals surface area contributed by atoms with Crippen molar-refractivity contribution in [3.05, 3.63) is 114 Å². The van der Waals surface area contributed by atoms with Gasteiger partial charge in [0, 0.05) is 54.1 Å². The van der Waals surface area contributed by atoms with Crippen LogP contribution in [0.3, 0.4) is 0 Å². The smallest absolute Gasteiger partial charge is 0.369 e. The van der Waals surface area contributed by atoms with Crippen LogP contribution in [0, 0.1) is 11.3 Å². The Morgan fingerprint density at radius 2 is 1.67 bits per heavy atom. The second kappa shape index (κ2) is 10.5. The Balaban J connectivity index is 1.44. The van der Waals surface area contributed by atoms with Gasteiger partial charge < -0.3 is 5.73 Å². The maximum atomic E-state index is 13.6. The number of hydrogen-bond donors (Lipinski definition) is 1. The number of nitrogens with zero attached hydrogens (tertiary/aromatic N) is 7. The van der Waals surface area contributed by atoms with E-state index in [2.05, 4.69) is 20.2 Å². The first-order valence-electron chi connectivity index (χ1n) is 12.9. The fourth-order valence-corrected chi connectivity index (χ4v) is 5.14. The number of carbonyl (C=O) groups excluding carboxylic acids is 1. The molecule has 2 N–H and O–H groups in total. The lowest BCUT2D eigenvalue weighted by Crippen LogP contribution is -2.23. The van der Waals surface area contributed by atoms with Gasteiger partial charge in [0.2, 0.25) is 5.91 Å². The predicted octanol–water partition coefficient (Wildman–Crippen LogP) is 5.37. The number of fused-ring (bicyclic) bond motifs is 1. The lowest BCUT2D eigenvalue weighted by Gasteiger charge is -2.17. The molecular weight excluding hydrogens is 557 g/mol. The number of hydrogen-bond acceptors (Lipinski definition) is 6. The van der Waals surface area contributed by atoms with Crippen molar-refractivity contribution in [1.29, 1.82) is 5.26 Å². The number of alkyl halides is 3. The van der Waals surface area contributed by atoms with E-state index in [9.17, 15) is 18.0 Å². The van der Waals surface area contributed by atoms with E-state index in [0.29, 0.717) is 11.3 Å². The molecule has 1 amide bonds. The Kier molecular flexibility index (Phi) is 6.70. The molecular formula is C31H21F3N8O. The lowest BCUT2D eigenvalue weighted by molar-refractivity contribution is -0.138. The first-order valence-corrected chi connectivity index (χ1v) is 12.9. The first kappa shape index (κ1) is 27.3. The van der Waals surface area contributed by atoms with Gasteiger partial charge in [-0.15, -0.1) is 0 Å². The molecule has 0 bridgehead atoms. The summed E-state index contributed by atoms with van der Waals surface area (Å²) in [5.74, 6) is -1.99. The Labute approximate surface area is 242 Å². The van der Waals surface area contributed by atoms with E-state index in [-0.39, 0.29) is 5.56 Å². The van der Waals surface area contributed by atoms with Gasteiger partial charge in [0.15, 0.2) is 0 Å². The van der Waals surface area contributed by atoms with Gasteiger partial charge in [-0.25, -0.2) is 4.52 Å². The van der Waals surface area contributed by atoms with Crippen molar-refractivity contribution in [3.8, 4) is 39.6 Å². The number of halogens is 3. The summed E-state index contributed by atoms with van der Waals surface area (Å²) in [6.45, 7) is 0. The van der Waals surface area contributed by atoms with Crippen molar-refractivity contribution in [3.63, 3.8) is 0 Å². The topological polar surface area (TPSA) is 128 Å². The molecule has 1 unspecified atom stereocenters. The maximum Gasteiger partial charge on any atom is 0.417 e. The molecule has 0 aliphatic heterocycles. The van der Waals surface area contributed by atoms with Gasteiger partial charge in [-0.2, -0.15) is 28.6 Å². The number of nitrogens with two attached hydrogens (primary N) is 1. The monoisotopic (exact) mass is 578 g/mol. The highest BCUT2D eigenvalue weighted by molar-refractivity contribution is 5.93. The van der Waals surface area contributed by atoms with E-state index in [0.717, 1.165) is 45.5 Å². The van der Waals surface area contributed by atoms with E-state index in [1.807, 2.05) is 25.5 Å². The van der Waals surface area contributed by atoms with Crippen molar-refractivity contribution in [2.75, 3.05) is 0 Å². The van der Waals surface area contributed by atoms with Crippen molar-refractivity contribution in [2.24, 2.45) is 12.8 Å². The summed E-state index contributed by atoms with van der Waals surface area (Å²) < 4.78 is 44.3. The summed E-state index contributed by atoms with van der Waals surface area (Å²) in [6, 6.07) is 13.5. The molecule has 4 heterocycles. The molecule has 0 saturated carbocycles. The van der Waals surface area contributed by atoms with Crippen LogP contribution in [0.5, 0.6) is 0 Å². The fraction of sp³-hybridized carbons (Fsp3) is 0.0968. The lowest BCUT2D eigenvalue weighted by atomic mass is 9.87. The van der Waals surface area contributed by atoms with Gasteiger partial charge in [0.1, 0.15) is 0 Å². The standard InChI is InChI=1S/C31H21F3N8O/c1-41-16-23(13-39-41)22-10-24(27-15-37-8-9-38-27)29-25(14-40-42(29)17-22)18-2-4-19(5-3-18)28(30(36)43)20-6-7-21(12-35)26(11-20)31(32,33)34/h2-11,13-17,28H,1H3,(H2,36,43). The highest BCUT2D eigenvalue weighted by Gasteiger charge is 2.35. The minimum absolute atomic E-state index is 0.0374. The van der Waals surface area contributed by atoms with Crippen LogP contribution in [-0.4, -0.2) is 35.3 Å². The Morgan fingerprint density at radius 3 is 2.30 bits per heavy atom. The highest BCUT2D eigenvalue weighted by atomic mass is 19.4. The molecule has 0 aliphatic carbocycles. The minimum atomic E-state index is -4.77. The first-order chi connectivity index (χ1) is 20.6. The van der Waals surface area contributed by atoms with Gasteiger partial charge in [0.05, 0.1) is 52.9 Å². The Bertz CT molecular complexity index is 2020. The number of carbonyl (C=O) groups is 1. The van der Waals surface area contributed by atoms with Crippen LogP contribution in [0.1, 0.15) is 28.2 Å².